The molecule has 2 aliphatic carbocycles. The summed E-state index contributed by atoms with van der Waals surface area (Å²) >= 11 is 0. The first-order chi connectivity index (χ1) is 36.7. The monoisotopic (exact) mass is 910 g/mol. The van der Waals surface area contributed by atoms with Crippen molar-refractivity contribution in [1.82, 2.24) is 0 Å². The van der Waals surface area contributed by atoms with Crippen LogP contribution in [0.1, 0.15) is 184 Å². The number of rotatable bonds is 9. The summed E-state index contributed by atoms with van der Waals surface area (Å²) in [4.78, 5) is 0. The zero-order valence-electron chi connectivity index (χ0n) is 51.3. The molecule has 0 saturated carbocycles. The number of hydrogen-bond donors (Lipinski definition) is 0. The minimum atomic E-state index is -0.404. The fourth-order valence-electron chi connectivity index (χ4n) is 11.1. The van der Waals surface area contributed by atoms with Crippen LogP contribution in [0.4, 0.5) is 0 Å². The average molecular weight is 910 g/mol. The van der Waals surface area contributed by atoms with E-state index in [0.717, 1.165) is 63.8 Å². The fraction of sp³-hybridized carbons (Fsp3) is 0.304. The highest BCUT2D eigenvalue weighted by Crippen LogP contribution is 2.49. The minimum Gasteiger partial charge on any atom is -0.0622 e. The number of fused-ring (bicyclic) bond motifs is 4. The van der Waals surface area contributed by atoms with Crippen molar-refractivity contribution in [2.24, 2.45) is 0 Å². The van der Waals surface area contributed by atoms with Crippen molar-refractivity contribution in [2.45, 2.75) is 135 Å². The normalized spacial score (nSPS) is 18.6. The minimum absolute atomic E-state index is 0.00478. The molecule has 0 amide bonds. The molecule has 10 rings (SSSR count). The van der Waals surface area contributed by atoms with Gasteiger partial charge >= 0.3 is 0 Å². The van der Waals surface area contributed by atoms with Crippen LogP contribution in [0.3, 0.4) is 0 Å². The molecule has 0 aliphatic heterocycles. The maximum atomic E-state index is 9.21. The summed E-state index contributed by atoms with van der Waals surface area (Å²) in [6.07, 6.45) is 4.08. The molecule has 0 heterocycles. The summed E-state index contributed by atoms with van der Waals surface area (Å²) in [5.41, 5.74) is 18.6. The van der Waals surface area contributed by atoms with Crippen LogP contribution in [-0.4, -0.2) is 0 Å². The maximum Gasteiger partial charge on any atom is 0.0629 e. The first kappa shape index (κ1) is 36.7. The Hall–Kier alpha value is -6.24. The average Bonchev–Trinajstić information content (AvgIpc) is 3.89. The van der Waals surface area contributed by atoms with E-state index in [1.165, 1.54) is 38.9 Å². The van der Waals surface area contributed by atoms with E-state index in [-0.39, 0.29) is 82.0 Å². The molecule has 0 heteroatoms. The van der Waals surface area contributed by atoms with Gasteiger partial charge in [-0.2, -0.15) is 0 Å². The lowest BCUT2D eigenvalue weighted by molar-refractivity contribution is 0.499. The molecule has 69 heavy (non-hydrogen) atoms. The summed E-state index contributed by atoms with van der Waals surface area (Å²) in [6.45, 7) is 22.3. The lowest BCUT2D eigenvalue weighted by Crippen LogP contribution is -2.17. The van der Waals surface area contributed by atoms with Crippen LogP contribution >= 0.6 is 0 Å². The number of benzene rings is 8. The first-order valence-corrected chi connectivity index (χ1v) is 25.1. The van der Waals surface area contributed by atoms with Crippen molar-refractivity contribution in [3.8, 4) is 33.4 Å². The van der Waals surface area contributed by atoms with Gasteiger partial charge < -0.3 is 0 Å². The van der Waals surface area contributed by atoms with Crippen LogP contribution in [-0.2, 0) is 35.5 Å². The van der Waals surface area contributed by atoms with Crippen molar-refractivity contribution in [1.29, 1.82) is 0 Å². The highest BCUT2D eigenvalue weighted by atomic mass is 14.4. The van der Waals surface area contributed by atoms with Crippen molar-refractivity contribution in [3.63, 3.8) is 0 Å². The van der Waals surface area contributed by atoms with Gasteiger partial charge in [-0.25, -0.2) is 0 Å². The fourth-order valence-corrected chi connectivity index (χ4v) is 11.1. The van der Waals surface area contributed by atoms with E-state index in [2.05, 4.69) is 178 Å². The Morgan fingerprint density at radius 2 is 1.07 bits per heavy atom. The predicted octanol–water partition coefficient (Wildman–Crippen LogP) is 18.5. The van der Waals surface area contributed by atoms with Crippen LogP contribution in [0, 0.1) is 0 Å². The molecule has 0 N–H and O–H groups in total. The van der Waals surface area contributed by atoms with Crippen molar-refractivity contribution < 1.29 is 12.3 Å². The van der Waals surface area contributed by atoms with E-state index in [1.807, 2.05) is 12.1 Å². The van der Waals surface area contributed by atoms with Gasteiger partial charge in [0.25, 0.3) is 0 Å². The Balaban J connectivity index is 1.04. The van der Waals surface area contributed by atoms with Gasteiger partial charge in [-0.1, -0.05) is 245 Å². The van der Waals surface area contributed by atoms with Gasteiger partial charge in [0.2, 0.25) is 0 Å². The van der Waals surface area contributed by atoms with Gasteiger partial charge in [0.05, 0.1) is 12.3 Å². The molecule has 348 valence electrons. The van der Waals surface area contributed by atoms with Gasteiger partial charge in [-0.15, -0.1) is 0 Å². The third-order valence-corrected chi connectivity index (χ3v) is 15.1. The van der Waals surface area contributed by atoms with Crippen LogP contribution in [0.5, 0.6) is 0 Å². The zero-order chi connectivity index (χ0) is 56.1. The Kier molecular flexibility index (Phi) is 9.71. The maximum absolute atomic E-state index is 9.21. The summed E-state index contributed by atoms with van der Waals surface area (Å²) in [5, 5.41) is 0. The molecule has 2 aliphatic rings. The van der Waals surface area contributed by atoms with Crippen molar-refractivity contribution in [2.75, 3.05) is 0 Å². The third kappa shape index (κ3) is 9.45. The van der Waals surface area contributed by atoms with E-state index >= 15 is 0 Å². The van der Waals surface area contributed by atoms with Gasteiger partial charge in [0, 0.05) is 5.92 Å². The molecule has 0 spiro atoms. The lowest BCUT2D eigenvalue weighted by atomic mass is 9.73. The Morgan fingerprint density at radius 3 is 1.78 bits per heavy atom. The van der Waals surface area contributed by atoms with E-state index < -0.39 is 6.04 Å². The topological polar surface area (TPSA) is 0 Å². The van der Waals surface area contributed by atoms with Crippen molar-refractivity contribution >= 4 is 0 Å². The van der Waals surface area contributed by atoms with Crippen LogP contribution < -0.4 is 0 Å². The molecule has 8 aromatic carbocycles. The van der Waals surface area contributed by atoms with Crippen molar-refractivity contribution in [3.05, 3.63) is 248 Å². The highest BCUT2D eigenvalue weighted by Gasteiger charge is 2.32. The Labute approximate surface area is 427 Å². The summed E-state index contributed by atoms with van der Waals surface area (Å²) in [7, 11) is 0. The molecule has 0 nitrogen and oxygen atoms in total. The summed E-state index contributed by atoms with van der Waals surface area (Å²) in [6, 6.07) is 41.7. The predicted molar refractivity (Wildman–Crippen MR) is 295 cm³/mol. The van der Waals surface area contributed by atoms with Crippen LogP contribution in [0.15, 0.2) is 176 Å². The molecule has 0 aromatic heterocycles. The summed E-state index contributed by atoms with van der Waals surface area (Å²) < 4.78 is 80.0. The number of hydrogen-bond acceptors (Lipinski definition) is 0. The highest BCUT2D eigenvalue weighted by molar-refractivity contribution is 5.82. The van der Waals surface area contributed by atoms with Crippen LogP contribution in [0.25, 0.3) is 33.4 Å². The van der Waals surface area contributed by atoms with Gasteiger partial charge in [0.15, 0.2) is 0 Å². The van der Waals surface area contributed by atoms with Gasteiger partial charge in [-0.3, -0.25) is 0 Å². The smallest absolute Gasteiger partial charge is 0.0622 e. The molecule has 0 radical (unpaired) electrons. The third-order valence-electron chi connectivity index (χ3n) is 15.1. The summed E-state index contributed by atoms with van der Waals surface area (Å²) in [5.74, 6) is 0.296. The largest absolute Gasteiger partial charge is 0.0629 e. The van der Waals surface area contributed by atoms with E-state index in [9.17, 15) is 4.11 Å². The van der Waals surface area contributed by atoms with Gasteiger partial charge in [0.1, 0.15) is 0 Å². The second-order valence-electron chi connectivity index (χ2n) is 23.1. The van der Waals surface area contributed by atoms with E-state index in [4.69, 9.17) is 8.22 Å². The molecule has 3 atom stereocenters. The first-order valence-electron chi connectivity index (χ1n) is 29.6. The van der Waals surface area contributed by atoms with Crippen LogP contribution in [0.2, 0.25) is 0 Å². The van der Waals surface area contributed by atoms with Gasteiger partial charge in [-0.05, 0) is 166 Å². The standard InChI is InChI=1S/C69H72/c1-45-30-33-51(63-37-46(31-34-57(45)63)36-47-32-35-61-60-26-16-17-27-62(60)66(65(61)38-47)52-24-18-25-54(40-52)67(2,3)4)39-49-22-14-15-23-50(49)43-64-58(48-20-12-11-13-21-48)28-19-29-59(64)53-41-55(68(5,6)7)44-56(42-53)69(8,9)10/h11-29,31-32,34-35,37-38,40-42,44-45,51,66H,30,33,36,39,43H2,1-10H3/i11D,12D,13D,16D,17D,20D,21D,26D,27D. The molecule has 3 unspecified atom stereocenters. The quantitative estimate of drug-likeness (QED) is 0.135. The zero-order valence-corrected chi connectivity index (χ0v) is 42.3. The molecule has 8 aromatic rings. The molecular weight excluding hydrogens is 829 g/mol. The van der Waals surface area contributed by atoms with E-state index in [0.29, 0.717) is 35.4 Å². The molecule has 0 fully saturated rings. The Bertz CT molecular complexity index is 3630. The SMILES string of the molecule is [2H]c1c([2H])c([2H])c(-c2cccc(-c3cc(C(C)(C)C)cc(C(C)(C)C)c3)c2Cc2ccccc2CC2CCC(C)c3ccc(Cc4ccc5c(c4)C(c4cccc(C(C)(C)C)c4)c4c([2H])c([2H])c([2H])c([2H])c4-5)cc32)c([2H])c1[2H]. The lowest BCUT2D eigenvalue weighted by Gasteiger charge is -2.31. The molecule has 0 saturated heterocycles. The molecular formula is C69H72. The van der Waals surface area contributed by atoms with E-state index in [1.54, 1.807) is 0 Å². The Morgan fingerprint density at radius 1 is 0.449 bits per heavy atom. The second kappa shape index (κ2) is 18.3. The second-order valence-corrected chi connectivity index (χ2v) is 23.1. The molecule has 0 bridgehead atoms.